The Hall–Kier alpha value is -3.06. The second-order valence-corrected chi connectivity index (χ2v) is 7.39. The van der Waals surface area contributed by atoms with E-state index in [1.807, 2.05) is 24.3 Å². The standard InChI is InChI=1S/C21H20N2O4S/c1-14(24)22-16-11-9-15(10-12-16)18(25)13-27-21(26)8-4-7-20-23-17-5-2-3-6-19(17)28-20/h2-3,5-6,9-12H,4,7-8,13H2,1H3,(H,22,24). The number of thiazole rings is 1. The molecule has 6 nitrogen and oxygen atoms in total. The number of nitrogens with one attached hydrogen (secondary N) is 1. The van der Waals surface area contributed by atoms with Gasteiger partial charge in [-0.2, -0.15) is 0 Å². The molecule has 3 rings (SSSR count). The van der Waals surface area contributed by atoms with E-state index in [0.717, 1.165) is 15.2 Å². The molecule has 0 aliphatic heterocycles. The number of aryl methyl sites for hydroxylation is 1. The lowest BCUT2D eigenvalue weighted by Gasteiger charge is -2.06. The SMILES string of the molecule is CC(=O)Nc1ccc(C(=O)COC(=O)CCCc2nc3ccccc3s2)cc1. The number of hydrogen-bond acceptors (Lipinski definition) is 6. The van der Waals surface area contributed by atoms with Crippen LogP contribution >= 0.6 is 11.3 Å². The minimum Gasteiger partial charge on any atom is -0.457 e. The van der Waals surface area contributed by atoms with Crippen LogP contribution in [-0.4, -0.2) is 29.3 Å². The minimum atomic E-state index is -0.399. The molecule has 2 aromatic carbocycles. The molecule has 1 N–H and O–H groups in total. The Morgan fingerprint density at radius 2 is 1.82 bits per heavy atom. The van der Waals surface area contributed by atoms with Gasteiger partial charge in [0.1, 0.15) is 0 Å². The predicted octanol–water partition coefficient (Wildman–Crippen LogP) is 4.00. The van der Waals surface area contributed by atoms with Crippen molar-refractivity contribution < 1.29 is 19.1 Å². The smallest absolute Gasteiger partial charge is 0.306 e. The Morgan fingerprint density at radius 3 is 2.54 bits per heavy atom. The van der Waals surface area contributed by atoms with Crippen molar-refractivity contribution >= 4 is 44.9 Å². The Labute approximate surface area is 166 Å². The van der Waals surface area contributed by atoms with Gasteiger partial charge in [-0.05, 0) is 49.2 Å². The highest BCUT2D eigenvalue weighted by Crippen LogP contribution is 2.22. The Balaban J connectivity index is 1.41. The third-order valence-corrected chi connectivity index (χ3v) is 5.10. The molecule has 144 valence electrons. The van der Waals surface area contributed by atoms with Crippen LogP contribution in [0.3, 0.4) is 0 Å². The fourth-order valence-electron chi connectivity index (χ4n) is 2.66. The highest BCUT2D eigenvalue weighted by Gasteiger charge is 2.11. The molecule has 28 heavy (non-hydrogen) atoms. The zero-order chi connectivity index (χ0) is 19.9. The summed E-state index contributed by atoms with van der Waals surface area (Å²) in [6, 6.07) is 14.4. The molecule has 0 atom stereocenters. The predicted molar refractivity (Wildman–Crippen MR) is 109 cm³/mol. The molecule has 3 aromatic rings. The van der Waals surface area contributed by atoms with Crippen molar-refractivity contribution in [1.29, 1.82) is 0 Å². The molecule has 0 fully saturated rings. The number of aromatic nitrogens is 1. The second-order valence-electron chi connectivity index (χ2n) is 6.27. The molecule has 0 bridgehead atoms. The molecule has 0 saturated heterocycles. The summed E-state index contributed by atoms with van der Waals surface area (Å²) in [7, 11) is 0. The number of ketones is 1. The van der Waals surface area contributed by atoms with Gasteiger partial charge >= 0.3 is 5.97 Å². The second kappa shape index (κ2) is 9.23. The fraction of sp³-hybridized carbons (Fsp3) is 0.238. The van der Waals surface area contributed by atoms with Gasteiger partial charge in [0.25, 0.3) is 0 Å². The van der Waals surface area contributed by atoms with Gasteiger partial charge < -0.3 is 10.1 Å². The number of carbonyl (C=O) groups is 3. The van der Waals surface area contributed by atoms with E-state index in [-0.39, 0.29) is 24.7 Å². The number of para-hydroxylation sites is 1. The van der Waals surface area contributed by atoms with E-state index in [1.54, 1.807) is 35.6 Å². The Morgan fingerprint density at radius 1 is 1.07 bits per heavy atom. The fourth-order valence-corrected chi connectivity index (χ4v) is 3.66. The Bertz CT molecular complexity index is 962. The number of fused-ring (bicyclic) bond motifs is 1. The topological polar surface area (TPSA) is 85.4 Å². The largest absolute Gasteiger partial charge is 0.457 e. The van der Waals surface area contributed by atoms with Crippen molar-refractivity contribution in [1.82, 2.24) is 4.98 Å². The molecule has 0 spiro atoms. The van der Waals surface area contributed by atoms with Gasteiger partial charge in [-0.3, -0.25) is 14.4 Å². The first-order valence-electron chi connectivity index (χ1n) is 8.92. The van der Waals surface area contributed by atoms with Crippen LogP contribution < -0.4 is 5.32 Å². The first-order valence-corrected chi connectivity index (χ1v) is 9.74. The number of esters is 1. The van der Waals surface area contributed by atoms with E-state index in [0.29, 0.717) is 24.1 Å². The number of hydrogen-bond donors (Lipinski definition) is 1. The van der Waals surface area contributed by atoms with Crippen LogP contribution in [0.1, 0.15) is 35.1 Å². The number of Topliss-reactive ketones (excluding diaryl/α,β-unsaturated/α-hetero) is 1. The van der Waals surface area contributed by atoms with Gasteiger partial charge in [0.15, 0.2) is 12.4 Å². The summed E-state index contributed by atoms with van der Waals surface area (Å²) in [6.07, 6.45) is 1.57. The molecular weight excluding hydrogens is 376 g/mol. The van der Waals surface area contributed by atoms with Crippen LogP contribution in [0.4, 0.5) is 5.69 Å². The summed E-state index contributed by atoms with van der Waals surface area (Å²) in [6.45, 7) is 1.12. The average Bonchev–Trinajstić information content (AvgIpc) is 3.09. The van der Waals surface area contributed by atoms with E-state index in [9.17, 15) is 14.4 Å². The molecule has 1 amide bonds. The molecule has 0 radical (unpaired) electrons. The van der Waals surface area contributed by atoms with E-state index < -0.39 is 5.97 Å². The van der Waals surface area contributed by atoms with E-state index in [4.69, 9.17) is 4.74 Å². The number of rotatable bonds is 8. The molecule has 1 aromatic heterocycles. The highest BCUT2D eigenvalue weighted by atomic mass is 32.1. The van der Waals surface area contributed by atoms with Gasteiger partial charge in [-0.1, -0.05) is 12.1 Å². The van der Waals surface area contributed by atoms with Crippen molar-refractivity contribution in [3.63, 3.8) is 0 Å². The Kier molecular flexibility index (Phi) is 6.49. The summed E-state index contributed by atoms with van der Waals surface area (Å²) in [4.78, 5) is 39.5. The number of nitrogens with zero attached hydrogens (tertiary/aromatic N) is 1. The first-order chi connectivity index (χ1) is 13.5. The van der Waals surface area contributed by atoms with Crippen LogP contribution in [0.5, 0.6) is 0 Å². The quantitative estimate of drug-likeness (QED) is 0.459. The molecule has 0 aliphatic rings. The number of amides is 1. The minimum absolute atomic E-state index is 0.182. The normalized spacial score (nSPS) is 10.6. The lowest BCUT2D eigenvalue weighted by Crippen LogP contribution is -2.14. The van der Waals surface area contributed by atoms with Gasteiger partial charge in [-0.15, -0.1) is 11.3 Å². The molecule has 1 heterocycles. The van der Waals surface area contributed by atoms with Gasteiger partial charge in [0.2, 0.25) is 5.91 Å². The van der Waals surface area contributed by atoms with Gasteiger partial charge in [0.05, 0.1) is 15.2 Å². The third-order valence-electron chi connectivity index (χ3n) is 4.00. The van der Waals surface area contributed by atoms with Crippen LogP contribution in [0.2, 0.25) is 0 Å². The van der Waals surface area contributed by atoms with Crippen LogP contribution in [0.25, 0.3) is 10.2 Å². The van der Waals surface area contributed by atoms with Crippen molar-refractivity contribution in [2.45, 2.75) is 26.2 Å². The molecular formula is C21H20N2O4S. The third kappa shape index (κ3) is 5.47. The maximum absolute atomic E-state index is 12.1. The van der Waals surface area contributed by atoms with Crippen molar-refractivity contribution in [3.05, 3.63) is 59.1 Å². The number of ether oxygens (including phenoxy) is 1. The monoisotopic (exact) mass is 396 g/mol. The molecule has 0 saturated carbocycles. The number of anilines is 1. The van der Waals surface area contributed by atoms with Crippen molar-refractivity contribution in [2.24, 2.45) is 0 Å². The van der Waals surface area contributed by atoms with Crippen molar-refractivity contribution in [2.75, 3.05) is 11.9 Å². The highest BCUT2D eigenvalue weighted by molar-refractivity contribution is 7.18. The summed E-state index contributed by atoms with van der Waals surface area (Å²) >= 11 is 1.63. The molecule has 7 heteroatoms. The number of benzene rings is 2. The van der Waals surface area contributed by atoms with E-state index >= 15 is 0 Å². The van der Waals surface area contributed by atoms with Gasteiger partial charge in [-0.25, -0.2) is 4.98 Å². The lowest BCUT2D eigenvalue weighted by molar-refractivity contribution is -0.142. The summed E-state index contributed by atoms with van der Waals surface area (Å²) in [5.41, 5.74) is 2.01. The molecule has 0 unspecified atom stereocenters. The lowest BCUT2D eigenvalue weighted by atomic mass is 10.1. The van der Waals surface area contributed by atoms with E-state index in [2.05, 4.69) is 10.3 Å². The van der Waals surface area contributed by atoms with Gasteiger partial charge in [0, 0.05) is 24.6 Å². The maximum Gasteiger partial charge on any atom is 0.306 e. The van der Waals surface area contributed by atoms with Crippen LogP contribution in [-0.2, 0) is 20.7 Å². The van der Waals surface area contributed by atoms with Crippen LogP contribution in [0.15, 0.2) is 48.5 Å². The summed E-state index contributed by atoms with van der Waals surface area (Å²) in [5.74, 6) is -0.864. The average molecular weight is 396 g/mol. The number of carbonyl (C=O) groups excluding carboxylic acids is 3. The van der Waals surface area contributed by atoms with E-state index in [1.165, 1.54) is 6.92 Å². The summed E-state index contributed by atoms with van der Waals surface area (Å²) < 4.78 is 6.21. The zero-order valence-corrected chi connectivity index (χ0v) is 16.3. The first kappa shape index (κ1) is 19.7. The zero-order valence-electron chi connectivity index (χ0n) is 15.4. The van der Waals surface area contributed by atoms with Crippen molar-refractivity contribution in [3.8, 4) is 0 Å². The maximum atomic E-state index is 12.1. The van der Waals surface area contributed by atoms with Crippen LogP contribution in [0, 0.1) is 0 Å². The molecule has 0 aliphatic carbocycles. The summed E-state index contributed by atoms with van der Waals surface area (Å²) in [5, 5.41) is 3.62.